The zero-order valence-electron chi connectivity index (χ0n) is 16.8. The minimum atomic E-state index is -0.816. The van der Waals surface area contributed by atoms with E-state index in [0.29, 0.717) is 61.4 Å². The third-order valence-electron chi connectivity index (χ3n) is 5.13. The third-order valence-corrected chi connectivity index (χ3v) is 5.13. The maximum atomic E-state index is 12.9. The molecule has 0 radical (unpaired) electrons. The molecule has 1 aromatic carbocycles. The highest BCUT2D eigenvalue weighted by Crippen LogP contribution is 2.41. The number of likely N-dealkylation sites (tertiary alicyclic amines) is 1. The quantitative estimate of drug-likeness (QED) is 0.336. The molecule has 1 fully saturated rings. The number of furan rings is 1. The Morgan fingerprint density at radius 3 is 2.63 bits per heavy atom. The van der Waals surface area contributed by atoms with Crippen LogP contribution in [0.15, 0.2) is 40.3 Å². The first-order valence-electron chi connectivity index (χ1n) is 9.75. The fraction of sp³-hybridized carbons (Fsp3) is 0.364. The molecule has 2 aromatic rings. The monoisotopic (exact) mass is 413 g/mol. The first-order valence-corrected chi connectivity index (χ1v) is 9.75. The Labute approximate surface area is 173 Å². The van der Waals surface area contributed by atoms with Gasteiger partial charge in [0.15, 0.2) is 11.5 Å². The van der Waals surface area contributed by atoms with Gasteiger partial charge in [0.1, 0.15) is 36.5 Å². The maximum absolute atomic E-state index is 12.9. The molecule has 4 rings (SSSR count). The van der Waals surface area contributed by atoms with Gasteiger partial charge in [0.2, 0.25) is 0 Å². The van der Waals surface area contributed by atoms with Gasteiger partial charge in [-0.2, -0.15) is 0 Å². The Balaban J connectivity index is 1.78. The Morgan fingerprint density at radius 2 is 1.93 bits per heavy atom. The van der Waals surface area contributed by atoms with Gasteiger partial charge in [0.05, 0.1) is 5.57 Å². The number of benzene rings is 1. The van der Waals surface area contributed by atoms with E-state index in [1.54, 1.807) is 44.4 Å². The van der Waals surface area contributed by atoms with Crippen LogP contribution in [0.1, 0.15) is 29.5 Å². The van der Waals surface area contributed by atoms with Crippen molar-refractivity contribution in [2.24, 2.45) is 0 Å². The number of aliphatic hydroxyl groups excluding tert-OH is 1. The number of fused-ring (bicyclic) bond motifs is 1. The molecule has 0 aliphatic carbocycles. The van der Waals surface area contributed by atoms with E-state index in [4.69, 9.17) is 18.6 Å². The molecule has 2 aliphatic rings. The van der Waals surface area contributed by atoms with Gasteiger partial charge in [0.25, 0.3) is 11.7 Å². The molecule has 0 bridgehead atoms. The molecule has 8 heteroatoms. The lowest BCUT2D eigenvalue weighted by atomic mass is 9.99. The Bertz CT molecular complexity index is 1010. The predicted octanol–water partition coefficient (Wildman–Crippen LogP) is 2.82. The zero-order valence-corrected chi connectivity index (χ0v) is 16.8. The number of carbonyl (C=O) groups excluding carboxylic acids is 2. The molecule has 3 heterocycles. The highest BCUT2D eigenvalue weighted by atomic mass is 16.6. The van der Waals surface area contributed by atoms with Crippen molar-refractivity contribution in [2.75, 3.05) is 33.5 Å². The number of carbonyl (C=O) groups is 2. The fourth-order valence-corrected chi connectivity index (χ4v) is 3.73. The average Bonchev–Trinajstić information content (AvgIpc) is 3.29. The number of nitrogens with zero attached hydrogens (tertiary/aromatic N) is 1. The van der Waals surface area contributed by atoms with Crippen LogP contribution in [0, 0.1) is 6.92 Å². The summed E-state index contributed by atoms with van der Waals surface area (Å²) in [4.78, 5) is 27.1. The van der Waals surface area contributed by atoms with Gasteiger partial charge in [-0.3, -0.25) is 9.59 Å². The number of hydrogen-bond donors (Lipinski definition) is 1. The molecule has 1 N–H and O–H groups in total. The van der Waals surface area contributed by atoms with Gasteiger partial charge >= 0.3 is 0 Å². The smallest absolute Gasteiger partial charge is 0.295 e. The summed E-state index contributed by atoms with van der Waals surface area (Å²) in [5.74, 6) is 0.401. The number of aliphatic hydroxyl groups is 1. The number of Topliss-reactive ketones (excluding diaryl/α,β-unsaturated/α-hetero) is 1. The van der Waals surface area contributed by atoms with Crippen LogP contribution in [0.5, 0.6) is 11.5 Å². The van der Waals surface area contributed by atoms with Crippen LogP contribution in [0.4, 0.5) is 0 Å². The maximum Gasteiger partial charge on any atom is 0.295 e. The molecule has 0 unspecified atom stereocenters. The third kappa shape index (κ3) is 3.54. The lowest BCUT2D eigenvalue weighted by molar-refractivity contribution is -0.140. The molecule has 30 heavy (non-hydrogen) atoms. The van der Waals surface area contributed by atoms with Crippen LogP contribution >= 0.6 is 0 Å². The van der Waals surface area contributed by atoms with E-state index < -0.39 is 17.7 Å². The van der Waals surface area contributed by atoms with Gasteiger partial charge in [-0.25, -0.2) is 0 Å². The number of aryl methyl sites for hydroxylation is 1. The second-order valence-electron chi connectivity index (χ2n) is 7.15. The summed E-state index contributed by atoms with van der Waals surface area (Å²) < 4.78 is 21.9. The standard InChI is InChI=1S/C22H23NO7/c1-13-4-6-16(30-13)19-18(21(25)22(26)23(19)8-3-9-27-2)20(24)14-5-7-15-17(12-14)29-11-10-28-15/h4-7,12,19,24H,3,8-11H2,1-2H3/b20-18+/t19-/m0/s1. The molecular formula is C22H23NO7. The van der Waals surface area contributed by atoms with Gasteiger partial charge in [-0.05, 0) is 43.7 Å². The van der Waals surface area contributed by atoms with Crippen molar-refractivity contribution < 1.29 is 33.3 Å². The van der Waals surface area contributed by atoms with Crippen molar-refractivity contribution >= 4 is 17.4 Å². The fourth-order valence-electron chi connectivity index (χ4n) is 3.73. The Hall–Kier alpha value is -3.26. The SMILES string of the molecule is COCCCN1C(=O)C(=O)/C(=C(/O)c2ccc3c(c2)OCCO3)[C@@H]1c1ccc(C)o1. The van der Waals surface area contributed by atoms with Gasteiger partial charge in [0, 0.05) is 25.8 Å². The van der Waals surface area contributed by atoms with Crippen LogP contribution in [0.25, 0.3) is 5.76 Å². The molecule has 0 spiro atoms. The first kappa shape index (κ1) is 20.0. The number of methoxy groups -OCH3 is 1. The predicted molar refractivity (Wildman–Crippen MR) is 106 cm³/mol. The summed E-state index contributed by atoms with van der Waals surface area (Å²) in [7, 11) is 1.57. The van der Waals surface area contributed by atoms with E-state index in [0.717, 1.165) is 0 Å². The number of amides is 1. The van der Waals surface area contributed by atoms with E-state index in [2.05, 4.69) is 0 Å². The molecule has 8 nitrogen and oxygen atoms in total. The van der Waals surface area contributed by atoms with Crippen molar-refractivity contribution in [3.8, 4) is 11.5 Å². The van der Waals surface area contributed by atoms with Crippen molar-refractivity contribution in [2.45, 2.75) is 19.4 Å². The average molecular weight is 413 g/mol. The number of hydrogen-bond acceptors (Lipinski definition) is 7. The van der Waals surface area contributed by atoms with E-state index in [1.807, 2.05) is 0 Å². The van der Waals surface area contributed by atoms with Crippen LogP contribution in [-0.4, -0.2) is 55.2 Å². The van der Waals surface area contributed by atoms with E-state index in [9.17, 15) is 14.7 Å². The Kier molecular flexibility index (Phi) is 5.50. The highest BCUT2D eigenvalue weighted by molar-refractivity contribution is 6.46. The van der Waals surface area contributed by atoms with Gasteiger partial charge in [-0.1, -0.05) is 0 Å². The van der Waals surface area contributed by atoms with Crippen molar-refractivity contribution in [1.82, 2.24) is 4.90 Å². The molecule has 1 saturated heterocycles. The van der Waals surface area contributed by atoms with Gasteiger partial charge < -0.3 is 28.6 Å². The molecule has 1 amide bonds. The summed E-state index contributed by atoms with van der Waals surface area (Å²) in [6.07, 6.45) is 0.545. The largest absolute Gasteiger partial charge is 0.507 e. The lowest BCUT2D eigenvalue weighted by Crippen LogP contribution is -2.31. The van der Waals surface area contributed by atoms with E-state index in [1.165, 1.54) is 4.90 Å². The second kappa shape index (κ2) is 8.23. The molecule has 1 aromatic heterocycles. The topological polar surface area (TPSA) is 98.4 Å². The van der Waals surface area contributed by atoms with Crippen molar-refractivity contribution in [1.29, 1.82) is 0 Å². The molecular weight excluding hydrogens is 390 g/mol. The van der Waals surface area contributed by atoms with E-state index in [-0.39, 0.29) is 11.3 Å². The zero-order chi connectivity index (χ0) is 21.3. The number of rotatable bonds is 6. The van der Waals surface area contributed by atoms with Crippen LogP contribution in [0.2, 0.25) is 0 Å². The summed E-state index contributed by atoms with van der Waals surface area (Å²) >= 11 is 0. The van der Waals surface area contributed by atoms with Crippen LogP contribution in [-0.2, 0) is 14.3 Å². The summed E-state index contributed by atoms with van der Waals surface area (Å²) in [5, 5.41) is 11.1. The summed E-state index contributed by atoms with van der Waals surface area (Å²) in [6.45, 7) is 3.35. The number of ketones is 1. The molecule has 1 atom stereocenters. The van der Waals surface area contributed by atoms with Crippen LogP contribution < -0.4 is 9.47 Å². The normalized spacial score (nSPS) is 20.1. The molecule has 0 saturated carbocycles. The lowest BCUT2D eigenvalue weighted by Gasteiger charge is -2.23. The molecule has 2 aliphatic heterocycles. The molecule has 158 valence electrons. The van der Waals surface area contributed by atoms with Crippen molar-refractivity contribution in [3.05, 3.63) is 53.0 Å². The van der Waals surface area contributed by atoms with Crippen LogP contribution in [0.3, 0.4) is 0 Å². The highest BCUT2D eigenvalue weighted by Gasteiger charge is 2.47. The van der Waals surface area contributed by atoms with E-state index >= 15 is 0 Å². The summed E-state index contributed by atoms with van der Waals surface area (Å²) in [6, 6.07) is 7.56. The van der Waals surface area contributed by atoms with Gasteiger partial charge in [-0.15, -0.1) is 0 Å². The summed E-state index contributed by atoms with van der Waals surface area (Å²) in [5.41, 5.74) is 0.353. The number of ether oxygens (including phenoxy) is 3. The first-order chi connectivity index (χ1) is 14.5. The minimum absolute atomic E-state index is 0.0107. The van der Waals surface area contributed by atoms with Crippen molar-refractivity contribution in [3.63, 3.8) is 0 Å². The Morgan fingerprint density at radius 1 is 1.17 bits per heavy atom. The second-order valence-corrected chi connectivity index (χ2v) is 7.15. The minimum Gasteiger partial charge on any atom is -0.507 e.